The molecule has 1 fully saturated rings. The molecule has 0 amide bonds. The van der Waals surface area contributed by atoms with E-state index in [1.54, 1.807) is 0 Å². The number of thioether (sulfide) groups is 1. The molecule has 0 aromatic carbocycles. The van der Waals surface area contributed by atoms with Crippen molar-refractivity contribution in [3.05, 3.63) is 16.5 Å². The van der Waals surface area contributed by atoms with Gasteiger partial charge in [-0.2, -0.15) is 0 Å². The first kappa shape index (κ1) is 12.2. The first-order chi connectivity index (χ1) is 7.66. The zero-order valence-corrected chi connectivity index (χ0v) is 11.4. The normalized spacial score (nSPS) is 17.7. The Bertz CT molecular complexity index is 376. The summed E-state index contributed by atoms with van der Waals surface area (Å²) in [6.07, 6.45) is 6.63. The fourth-order valence-corrected chi connectivity index (χ4v) is 3.49. The summed E-state index contributed by atoms with van der Waals surface area (Å²) in [5.74, 6) is 0. The van der Waals surface area contributed by atoms with Crippen LogP contribution in [0.1, 0.15) is 43.5 Å². The van der Waals surface area contributed by atoms with Gasteiger partial charge >= 0.3 is 0 Å². The lowest BCUT2D eigenvalue weighted by Crippen LogP contribution is -2.09. The van der Waals surface area contributed by atoms with Crippen molar-refractivity contribution in [1.29, 1.82) is 0 Å². The summed E-state index contributed by atoms with van der Waals surface area (Å²) < 4.78 is 0. The molecule has 0 spiro atoms. The van der Waals surface area contributed by atoms with Crippen molar-refractivity contribution in [2.24, 2.45) is 0 Å². The van der Waals surface area contributed by atoms with Crippen LogP contribution in [-0.4, -0.2) is 15.2 Å². The molecule has 4 heteroatoms. The summed E-state index contributed by atoms with van der Waals surface area (Å²) in [6.45, 7) is 3.94. The number of aryl methyl sites for hydroxylation is 2. The Kier molecular flexibility index (Phi) is 4.09. The highest BCUT2D eigenvalue weighted by molar-refractivity contribution is 8.00. The van der Waals surface area contributed by atoms with E-state index in [1.807, 2.05) is 25.6 Å². The third-order valence-corrected chi connectivity index (χ3v) is 4.75. The molecule has 1 aromatic rings. The van der Waals surface area contributed by atoms with Crippen molar-refractivity contribution < 1.29 is 0 Å². The average Bonchev–Trinajstić information content (AvgIpc) is 2.27. The molecule has 1 aliphatic carbocycles. The van der Waals surface area contributed by atoms with Crippen LogP contribution in [0, 0.1) is 13.8 Å². The van der Waals surface area contributed by atoms with Crippen molar-refractivity contribution >= 4 is 23.4 Å². The van der Waals surface area contributed by atoms with Gasteiger partial charge in [0, 0.05) is 5.25 Å². The largest absolute Gasteiger partial charge is 0.242 e. The quantitative estimate of drug-likeness (QED) is 0.794. The minimum absolute atomic E-state index is 0.568. The maximum absolute atomic E-state index is 6.13. The summed E-state index contributed by atoms with van der Waals surface area (Å²) >= 11 is 7.93. The predicted octanol–water partition coefficient (Wildman–Crippen LogP) is 4.17. The number of aromatic nitrogens is 2. The molecule has 16 heavy (non-hydrogen) atoms. The minimum Gasteiger partial charge on any atom is -0.242 e. The third kappa shape index (κ3) is 2.89. The molecule has 0 aliphatic heterocycles. The van der Waals surface area contributed by atoms with Crippen LogP contribution in [0.25, 0.3) is 0 Å². The van der Waals surface area contributed by atoms with Crippen LogP contribution in [0.15, 0.2) is 5.03 Å². The highest BCUT2D eigenvalue weighted by atomic mass is 35.5. The number of rotatable bonds is 2. The average molecular weight is 257 g/mol. The molecule has 0 bridgehead atoms. The van der Waals surface area contributed by atoms with Crippen LogP contribution < -0.4 is 0 Å². The Labute approximate surface area is 106 Å². The molecular weight excluding hydrogens is 240 g/mol. The van der Waals surface area contributed by atoms with Crippen LogP contribution in [0.4, 0.5) is 0 Å². The van der Waals surface area contributed by atoms with Crippen molar-refractivity contribution in [1.82, 2.24) is 9.97 Å². The summed E-state index contributed by atoms with van der Waals surface area (Å²) in [5, 5.41) is 2.16. The van der Waals surface area contributed by atoms with Gasteiger partial charge in [0.25, 0.3) is 0 Å². The lowest BCUT2D eigenvalue weighted by atomic mass is 10.0. The van der Waals surface area contributed by atoms with Crippen molar-refractivity contribution in [3.63, 3.8) is 0 Å². The Morgan fingerprint density at radius 2 is 1.69 bits per heavy atom. The Balaban J connectivity index is 2.11. The van der Waals surface area contributed by atoms with Gasteiger partial charge in [-0.3, -0.25) is 0 Å². The fourth-order valence-electron chi connectivity index (χ4n) is 1.97. The zero-order valence-electron chi connectivity index (χ0n) is 9.79. The highest BCUT2D eigenvalue weighted by Crippen LogP contribution is 2.35. The van der Waals surface area contributed by atoms with E-state index in [0.717, 1.165) is 16.4 Å². The zero-order chi connectivity index (χ0) is 11.5. The van der Waals surface area contributed by atoms with Gasteiger partial charge in [0.2, 0.25) is 0 Å². The molecule has 1 heterocycles. The van der Waals surface area contributed by atoms with Crippen LogP contribution >= 0.6 is 23.4 Å². The lowest BCUT2D eigenvalue weighted by molar-refractivity contribution is 0.515. The van der Waals surface area contributed by atoms with Gasteiger partial charge in [-0.05, 0) is 26.7 Å². The first-order valence-electron chi connectivity index (χ1n) is 5.84. The van der Waals surface area contributed by atoms with E-state index in [-0.39, 0.29) is 0 Å². The highest BCUT2D eigenvalue weighted by Gasteiger charge is 2.17. The second-order valence-electron chi connectivity index (χ2n) is 4.37. The summed E-state index contributed by atoms with van der Waals surface area (Å²) in [6, 6.07) is 0. The van der Waals surface area contributed by atoms with Crippen LogP contribution in [0.5, 0.6) is 0 Å². The third-order valence-electron chi connectivity index (χ3n) is 3.07. The number of nitrogens with zero attached hydrogens (tertiary/aromatic N) is 2. The van der Waals surface area contributed by atoms with Crippen LogP contribution in [0.3, 0.4) is 0 Å². The van der Waals surface area contributed by atoms with Gasteiger partial charge in [-0.15, -0.1) is 0 Å². The maximum Gasteiger partial charge on any atom is 0.161 e. The van der Waals surface area contributed by atoms with Gasteiger partial charge in [0.15, 0.2) is 5.15 Å². The van der Waals surface area contributed by atoms with E-state index < -0.39 is 0 Å². The molecule has 0 radical (unpaired) electrons. The second-order valence-corrected chi connectivity index (χ2v) is 6.02. The van der Waals surface area contributed by atoms with E-state index in [4.69, 9.17) is 11.6 Å². The monoisotopic (exact) mass is 256 g/mol. The summed E-state index contributed by atoms with van der Waals surface area (Å²) in [7, 11) is 0. The number of hydrogen-bond acceptors (Lipinski definition) is 3. The van der Waals surface area contributed by atoms with Crippen LogP contribution in [-0.2, 0) is 0 Å². The number of halogens is 1. The van der Waals surface area contributed by atoms with E-state index in [9.17, 15) is 0 Å². The van der Waals surface area contributed by atoms with E-state index in [0.29, 0.717) is 10.4 Å². The molecule has 0 saturated heterocycles. The molecule has 1 aliphatic rings. The van der Waals surface area contributed by atoms with Gasteiger partial charge in [-0.1, -0.05) is 42.6 Å². The van der Waals surface area contributed by atoms with E-state index >= 15 is 0 Å². The molecule has 0 N–H and O–H groups in total. The van der Waals surface area contributed by atoms with Crippen LogP contribution in [0.2, 0.25) is 5.15 Å². The molecule has 1 aromatic heterocycles. The molecule has 0 atom stereocenters. The van der Waals surface area contributed by atoms with Crippen molar-refractivity contribution in [3.8, 4) is 0 Å². The topological polar surface area (TPSA) is 25.8 Å². The standard InChI is InChI=1S/C12H17ClN2S/c1-8-9(2)15-12(11(13)14-8)16-10-6-4-3-5-7-10/h10H,3-7H2,1-2H3. The lowest BCUT2D eigenvalue weighted by Gasteiger charge is -2.20. The summed E-state index contributed by atoms with van der Waals surface area (Å²) in [5.41, 5.74) is 1.92. The van der Waals surface area contributed by atoms with Crippen molar-refractivity contribution in [2.75, 3.05) is 0 Å². The fraction of sp³-hybridized carbons (Fsp3) is 0.667. The second kappa shape index (κ2) is 5.37. The SMILES string of the molecule is Cc1nc(Cl)c(SC2CCCCC2)nc1C. The van der Waals surface area contributed by atoms with Crippen molar-refractivity contribution in [2.45, 2.75) is 56.2 Å². The summed E-state index contributed by atoms with van der Waals surface area (Å²) in [4.78, 5) is 8.86. The molecule has 88 valence electrons. The Morgan fingerprint density at radius 3 is 2.38 bits per heavy atom. The Hall–Kier alpha value is -0.280. The first-order valence-corrected chi connectivity index (χ1v) is 7.10. The predicted molar refractivity (Wildman–Crippen MR) is 69.2 cm³/mol. The molecular formula is C12H17ClN2S. The maximum atomic E-state index is 6.13. The Morgan fingerprint density at radius 1 is 1.06 bits per heavy atom. The molecule has 0 unspecified atom stereocenters. The van der Waals surface area contributed by atoms with Gasteiger partial charge in [0.1, 0.15) is 5.03 Å². The van der Waals surface area contributed by atoms with Gasteiger partial charge in [0.05, 0.1) is 11.4 Å². The van der Waals surface area contributed by atoms with Gasteiger partial charge < -0.3 is 0 Å². The van der Waals surface area contributed by atoms with Gasteiger partial charge in [-0.25, -0.2) is 9.97 Å². The molecule has 2 nitrogen and oxygen atoms in total. The smallest absolute Gasteiger partial charge is 0.161 e. The molecule has 2 rings (SSSR count). The number of hydrogen-bond donors (Lipinski definition) is 0. The minimum atomic E-state index is 0.568. The molecule has 1 saturated carbocycles. The van der Waals surface area contributed by atoms with E-state index in [2.05, 4.69) is 9.97 Å². The van der Waals surface area contributed by atoms with E-state index in [1.165, 1.54) is 32.1 Å².